The van der Waals surface area contributed by atoms with E-state index in [2.05, 4.69) is 11.1 Å². The monoisotopic (exact) mass is 218 g/mol. The summed E-state index contributed by atoms with van der Waals surface area (Å²) in [5.41, 5.74) is 8.06. The lowest BCUT2D eigenvalue weighted by molar-refractivity contribution is -0.121. The van der Waals surface area contributed by atoms with E-state index in [1.807, 2.05) is 13.0 Å². The highest BCUT2D eigenvalue weighted by molar-refractivity contribution is 5.90. The van der Waals surface area contributed by atoms with Crippen molar-refractivity contribution in [2.45, 2.75) is 44.6 Å². The highest BCUT2D eigenvalue weighted by Crippen LogP contribution is 2.32. The van der Waals surface area contributed by atoms with Crippen LogP contribution in [0.25, 0.3) is 0 Å². The number of Topliss-reactive ketones (excluding diaryl/α,β-unsaturated/α-hetero) is 1. The van der Waals surface area contributed by atoms with Crippen LogP contribution in [0.2, 0.25) is 0 Å². The minimum Gasteiger partial charge on any atom is -0.321 e. The minimum atomic E-state index is -0.317. The van der Waals surface area contributed by atoms with Gasteiger partial charge in [0, 0.05) is 6.20 Å². The highest BCUT2D eigenvalue weighted by atomic mass is 16.1. The molecule has 0 bridgehead atoms. The van der Waals surface area contributed by atoms with Gasteiger partial charge in [-0.1, -0.05) is 19.4 Å². The van der Waals surface area contributed by atoms with Gasteiger partial charge >= 0.3 is 0 Å². The summed E-state index contributed by atoms with van der Waals surface area (Å²) in [5.74, 6) is 0.108. The number of rotatable bonds is 4. The molecule has 2 atom stereocenters. The smallest absolute Gasteiger partial charge is 0.158 e. The van der Waals surface area contributed by atoms with E-state index >= 15 is 0 Å². The molecule has 0 radical (unpaired) electrons. The first kappa shape index (κ1) is 11.3. The number of carbonyl (C=O) groups excluding carboxylic acids is 1. The maximum atomic E-state index is 12.1. The lowest BCUT2D eigenvalue weighted by atomic mass is 9.94. The van der Waals surface area contributed by atoms with Crippen LogP contribution in [0.4, 0.5) is 0 Å². The van der Waals surface area contributed by atoms with Crippen molar-refractivity contribution in [3.63, 3.8) is 0 Å². The highest BCUT2D eigenvalue weighted by Gasteiger charge is 2.32. The first-order valence-corrected chi connectivity index (χ1v) is 5.97. The van der Waals surface area contributed by atoms with Gasteiger partial charge in [-0.25, -0.2) is 0 Å². The van der Waals surface area contributed by atoms with Crippen molar-refractivity contribution in [3.8, 4) is 0 Å². The molecule has 0 saturated carbocycles. The number of pyridine rings is 1. The molecular formula is C13H18N2O. The van der Waals surface area contributed by atoms with Crippen molar-refractivity contribution in [2.75, 3.05) is 0 Å². The fourth-order valence-electron chi connectivity index (χ4n) is 2.40. The molecule has 86 valence electrons. The number of carbonyl (C=O) groups is 1. The van der Waals surface area contributed by atoms with Crippen LogP contribution in [0.1, 0.15) is 43.4 Å². The second kappa shape index (κ2) is 4.74. The molecule has 2 unspecified atom stereocenters. The van der Waals surface area contributed by atoms with Crippen molar-refractivity contribution in [1.82, 2.24) is 4.98 Å². The largest absolute Gasteiger partial charge is 0.321 e. The van der Waals surface area contributed by atoms with Crippen LogP contribution in [0.15, 0.2) is 18.3 Å². The molecule has 0 amide bonds. The lowest BCUT2D eigenvalue weighted by Crippen LogP contribution is -2.34. The number of nitrogens with two attached hydrogens (primary N) is 1. The zero-order chi connectivity index (χ0) is 11.5. The topological polar surface area (TPSA) is 56.0 Å². The zero-order valence-electron chi connectivity index (χ0n) is 9.65. The van der Waals surface area contributed by atoms with Crippen molar-refractivity contribution < 1.29 is 4.79 Å². The molecule has 1 aliphatic carbocycles. The predicted octanol–water partition coefficient (Wildman–Crippen LogP) is 1.81. The fourth-order valence-corrected chi connectivity index (χ4v) is 2.40. The summed E-state index contributed by atoms with van der Waals surface area (Å²) in [6.45, 7) is 2.05. The Morgan fingerprint density at radius 3 is 3.25 bits per heavy atom. The van der Waals surface area contributed by atoms with E-state index in [1.54, 1.807) is 6.20 Å². The van der Waals surface area contributed by atoms with Crippen LogP contribution in [-0.4, -0.2) is 16.8 Å². The van der Waals surface area contributed by atoms with Crippen LogP contribution >= 0.6 is 0 Å². The van der Waals surface area contributed by atoms with Gasteiger partial charge in [0.2, 0.25) is 0 Å². The van der Waals surface area contributed by atoms with Crippen molar-refractivity contribution in [1.29, 1.82) is 0 Å². The summed E-state index contributed by atoms with van der Waals surface area (Å²) in [6, 6.07) is 3.67. The Bertz CT molecular complexity index is 389. The molecular weight excluding hydrogens is 200 g/mol. The minimum absolute atomic E-state index is 0.0576. The average molecular weight is 218 g/mol. The zero-order valence-corrected chi connectivity index (χ0v) is 9.65. The van der Waals surface area contributed by atoms with E-state index in [0.717, 1.165) is 31.4 Å². The van der Waals surface area contributed by atoms with Gasteiger partial charge in [0.1, 0.15) is 0 Å². The third kappa shape index (κ3) is 2.00. The number of ketones is 1. The molecule has 3 heteroatoms. The third-order valence-corrected chi connectivity index (χ3v) is 3.27. The molecule has 0 saturated heterocycles. The summed E-state index contributed by atoms with van der Waals surface area (Å²) in [4.78, 5) is 16.5. The Morgan fingerprint density at radius 1 is 1.69 bits per heavy atom. The van der Waals surface area contributed by atoms with Crippen LogP contribution in [0, 0.1) is 0 Å². The lowest BCUT2D eigenvalue weighted by Gasteiger charge is -2.14. The Kier molecular flexibility index (Phi) is 3.34. The molecule has 0 aliphatic heterocycles. The average Bonchev–Trinajstić information content (AvgIpc) is 2.72. The molecule has 1 aliphatic rings. The van der Waals surface area contributed by atoms with Crippen molar-refractivity contribution in [2.24, 2.45) is 5.73 Å². The molecule has 1 heterocycles. The van der Waals surface area contributed by atoms with Crippen LogP contribution in [0.3, 0.4) is 0 Å². The van der Waals surface area contributed by atoms with Crippen LogP contribution in [0.5, 0.6) is 0 Å². The number of hydrogen-bond donors (Lipinski definition) is 1. The SMILES string of the molecule is CCCC(N)C(=O)C1CCc2cccnc21. The van der Waals surface area contributed by atoms with E-state index in [1.165, 1.54) is 5.56 Å². The number of hydrogen-bond acceptors (Lipinski definition) is 3. The van der Waals surface area contributed by atoms with Crippen molar-refractivity contribution in [3.05, 3.63) is 29.6 Å². The maximum absolute atomic E-state index is 12.1. The molecule has 2 N–H and O–H groups in total. The number of aromatic nitrogens is 1. The molecule has 3 nitrogen and oxygen atoms in total. The molecule has 1 aromatic rings. The summed E-state index contributed by atoms with van der Waals surface area (Å²) in [7, 11) is 0. The van der Waals surface area contributed by atoms with E-state index in [0.29, 0.717) is 0 Å². The molecule has 16 heavy (non-hydrogen) atoms. The third-order valence-electron chi connectivity index (χ3n) is 3.27. The van der Waals surface area contributed by atoms with Crippen LogP contribution < -0.4 is 5.73 Å². The van der Waals surface area contributed by atoms with Gasteiger partial charge in [0.25, 0.3) is 0 Å². The summed E-state index contributed by atoms with van der Waals surface area (Å²) < 4.78 is 0. The molecule has 2 rings (SSSR count). The van der Waals surface area contributed by atoms with Gasteiger partial charge in [-0.2, -0.15) is 0 Å². The van der Waals surface area contributed by atoms with Gasteiger partial charge < -0.3 is 5.73 Å². The Labute approximate surface area is 96.1 Å². The van der Waals surface area contributed by atoms with Gasteiger partial charge in [-0.3, -0.25) is 9.78 Å². The number of nitrogens with zero attached hydrogens (tertiary/aromatic N) is 1. The number of fused-ring (bicyclic) bond motifs is 1. The van der Waals surface area contributed by atoms with Crippen molar-refractivity contribution >= 4 is 5.78 Å². The second-order valence-corrected chi connectivity index (χ2v) is 4.44. The molecule has 0 spiro atoms. The van der Waals surface area contributed by atoms with E-state index in [9.17, 15) is 4.79 Å². The second-order valence-electron chi connectivity index (χ2n) is 4.44. The first-order chi connectivity index (χ1) is 7.74. The molecule has 0 fully saturated rings. The molecule has 1 aromatic heterocycles. The van der Waals surface area contributed by atoms with E-state index in [-0.39, 0.29) is 17.7 Å². The molecule has 0 aromatic carbocycles. The summed E-state index contributed by atoms with van der Waals surface area (Å²) in [6.07, 6.45) is 5.32. The van der Waals surface area contributed by atoms with Crippen LogP contribution in [-0.2, 0) is 11.2 Å². The maximum Gasteiger partial charge on any atom is 0.158 e. The van der Waals surface area contributed by atoms with Gasteiger partial charge in [-0.05, 0) is 30.9 Å². The van der Waals surface area contributed by atoms with E-state index < -0.39 is 0 Å². The first-order valence-electron chi connectivity index (χ1n) is 5.97. The normalized spacial score (nSPS) is 20.5. The number of aryl methyl sites for hydroxylation is 1. The van der Waals surface area contributed by atoms with Gasteiger partial charge in [0.05, 0.1) is 17.7 Å². The van der Waals surface area contributed by atoms with Gasteiger partial charge in [0.15, 0.2) is 5.78 Å². The summed E-state index contributed by atoms with van der Waals surface area (Å²) in [5, 5.41) is 0. The quantitative estimate of drug-likeness (QED) is 0.838. The summed E-state index contributed by atoms with van der Waals surface area (Å²) >= 11 is 0. The standard InChI is InChI=1S/C13H18N2O/c1-2-4-11(14)13(16)10-7-6-9-5-3-8-15-12(9)10/h3,5,8,10-11H,2,4,6-7,14H2,1H3. The Balaban J connectivity index is 2.16. The Morgan fingerprint density at radius 2 is 2.50 bits per heavy atom. The van der Waals surface area contributed by atoms with E-state index in [4.69, 9.17) is 5.73 Å². The fraction of sp³-hybridized carbons (Fsp3) is 0.538. The predicted molar refractivity (Wildman–Crippen MR) is 63.2 cm³/mol. The Hall–Kier alpha value is -1.22. The van der Waals surface area contributed by atoms with Gasteiger partial charge in [-0.15, -0.1) is 0 Å².